The molecule has 0 spiro atoms. The Hall–Kier alpha value is -2.78. The zero-order valence-corrected chi connectivity index (χ0v) is 27.8. The molecule has 0 saturated heterocycles. The van der Waals surface area contributed by atoms with Crippen LogP contribution in [0.25, 0.3) is 0 Å². The lowest BCUT2D eigenvalue weighted by molar-refractivity contribution is -0.141. The standard InChI is InChI=1S/C33H38Cl3N3O4S/c1-44(42,43)39(28-15-8-12-26(34)22-28)19-9-16-32(40)38(23-25-17-18-29(35)30(36)20-25)31(21-24-10-4-2-5-11-24)33(41)37-27-13-6-3-7-14-27/h2,4-5,8,10-12,15,17-18,20,22,27,31H,3,6-7,9,13-14,16,19,21,23H2,1H3,(H,37,41)/t31-/m1/s1. The molecule has 2 amide bonds. The number of sulfonamides is 1. The van der Waals surface area contributed by atoms with E-state index in [0.29, 0.717) is 27.2 Å². The summed E-state index contributed by atoms with van der Waals surface area (Å²) in [7, 11) is -3.64. The number of hydrogen-bond donors (Lipinski definition) is 1. The highest BCUT2D eigenvalue weighted by atomic mass is 35.5. The van der Waals surface area contributed by atoms with Crippen molar-refractivity contribution in [3.63, 3.8) is 0 Å². The van der Waals surface area contributed by atoms with Crippen molar-refractivity contribution >= 4 is 62.3 Å². The highest BCUT2D eigenvalue weighted by molar-refractivity contribution is 7.92. The predicted molar refractivity (Wildman–Crippen MR) is 179 cm³/mol. The SMILES string of the molecule is CS(=O)(=O)N(CCCC(=O)N(Cc1ccc(Cl)c(Cl)c1)[C@H](Cc1ccccc1)C(=O)NC1CCCCC1)c1cccc(Cl)c1. The molecule has 0 unspecified atom stereocenters. The molecule has 1 fully saturated rings. The number of amides is 2. The Morgan fingerprint density at radius 2 is 1.61 bits per heavy atom. The third-order valence-corrected chi connectivity index (χ3v) is 9.98. The maximum Gasteiger partial charge on any atom is 0.243 e. The summed E-state index contributed by atoms with van der Waals surface area (Å²) in [5.41, 5.74) is 2.08. The Kier molecular flexibility index (Phi) is 12.4. The average molecular weight is 679 g/mol. The van der Waals surface area contributed by atoms with Crippen LogP contribution in [0.3, 0.4) is 0 Å². The van der Waals surface area contributed by atoms with Gasteiger partial charge in [0.1, 0.15) is 6.04 Å². The Labute approximate surface area is 275 Å². The number of benzene rings is 3. The van der Waals surface area contributed by atoms with Gasteiger partial charge in [-0.1, -0.05) is 96.5 Å². The largest absolute Gasteiger partial charge is 0.352 e. The normalized spacial score (nSPS) is 14.5. The first-order valence-electron chi connectivity index (χ1n) is 14.8. The van der Waals surface area contributed by atoms with Crippen LogP contribution in [-0.2, 0) is 32.6 Å². The second-order valence-electron chi connectivity index (χ2n) is 11.2. The van der Waals surface area contributed by atoms with Gasteiger partial charge in [0.25, 0.3) is 0 Å². The summed E-state index contributed by atoms with van der Waals surface area (Å²) >= 11 is 18.6. The first kappa shape index (κ1) is 34.1. The molecule has 11 heteroatoms. The van der Waals surface area contributed by atoms with Crippen molar-refractivity contribution in [2.45, 2.75) is 70.0 Å². The van der Waals surface area contributed by atoms with Gasteiger partial charge in [0.05, 0.1) is 22.0 Å². The van der Waals surface area contributed by atoms with Gasteiger partial charge < -0.3 is 10.2 Å². The van der Waals surface area contributed by atoms with Gasteiger partial charge in [-0.15, -0.1) is 0 Å². The van der Waals surface area contributed by atoms with Gasteiger partial charge in [-0.05, 0) is 60.7 Å². The van der Waals surface area contributed by atoms with Gasteiger partial charge in [-0.2, -0.15) is 0 Å². The van der Waals surface area contributed by atoms with Gasteiger partial charge in [0.15, 0.2) is 0 Å². The van der Waals surface area contributed by atoms with Crippen molar-refractivity contribution in [3.05, 3.63) is 99.0 Å². The number of carbonyl (C=O) groups excluding carboxylic acids is 2. The number of rotatable bonds is 13. The summed E-state index contributed by atoms with van der Waals surface area (Å²) in [6.07, 6.45) is 6.80. The summed E-state index contributed by atoms with van der Waals surface area (Å²) in [4.78, 5) is 29.6. The van der Waals surface area contributed by atoms with E-state index in [1.807, 2.05) is 30.3 Å². The molecule has 1 N–H and O–H groups in total. The molecule has 3 aromatic carbocycles. The van der Waals surface area contributed by atoms with Crippen LogP contribution in [-0.4, -0.2) is 50.0 Å². The molecule has 3 aromatic rings. The fraction of sp³-hybridized carbons (Fsp3) is 0.394. The van der Waals surface area contributed by atoms with E-state index in [2.05, 4.69) is 5.32 Å². The summed E-state index contributed by atoms with van der Waals surface area (Å²) in [5, 5.41) is 4.38. The van der Waals surface area contributed by atoms with Crippen molar-refractivity contribution in [1.29, 1.82) is 0 Å². The topological polar surface area (TPSA) is 86.8 Å². The van der Waals surface area contributed by atoms with Crippen LogP contribution in [0.15, 0.2) is 72.8 Å². The molecule has 0 bridgehead atoms. The van der Waals surface area contributed by atoms with E-state index in [9.17, 15) is 18.0 Å². The van der Waals surface area contributed by atoms with Crippen LogP contribution < -0.4 is 9.62 Å². The zero-order valence-electron chi connectivity index (χ0n) is 24.7. The van der Waals surface area contributed by atoms with E-state index < -0.39 is 16.1 Å². The fourth-order valence-electron chi connectivity index (χ4n) is 5.57. The number of hydrogen-bond acceptors (Lipinski definition) is 4. The second-order valence-corrected chi connectivity index (χ2v) is 14.4. The summed E-state index contributed by atoms with van der Waals surface area (Å²) in [6, 6.07) is 20.6. The Balaban J connectivity index is 1.61. The number of nitrogens with one attached hydrogen (secondary N) is 1. The molecule has 7 nitrogen and oxygen atoms in total. The van der Waals surface area contributed by atoms with Crippen molar-refractivity contribution < 1.29 is 18.0 Å². The molecule has 236 valence electrons. The van der Waals surface area contributed by atoms with E-state index in [1.54, 1.807) is 47.4 Å². The number of anilines is 1. The minimum atomic E-state index is -3.64. The lowest BCUT2D eigenvalue weighted by atomic mass is 9.94. The van der Waals surface area contributed by atoms with E-state index in [-0.39, 0.29) is 43.8 Å². The lowest BCUT2D eigenvalue weighted by Crippen LogP contribution is -2.52. The van der Waals surface area contributed by atoms with Crippen LogP contribution >= 0.6 is 34.8 Å². The molecule has 4 rings (SSSR count). The molecular formula is C33H38Cl3N3O4S. The highest BCUT2D eigenvalue weighted by Gasteiger charge is 2.32. The van der Waals surface area contributed by atoms with Crippen molar-refractivity contribution in [3.8, 4) is 0 Å². The molecule has 0 heterocycles. The summed E-state index contributed by atoms with van der Waals surface area (Å²) in [6.45, 7) is 0.207. The number of nitrogens with zero attached hydrogens (tertiary/aromatic N) is 2. The molecule has 1 atom stereocenters. The van der Waals surface area contributed by atoms with Gasteiger partial charge in [-0.3, -0.25) is 13.9 Å². The predicted octanol–water partition coefficient (Wildman–Crippen LogP) is 7.28. The highest BCUT2D eigenvalue weighted by Crippen LogP contribution is 2.26. The van der Waals surface area contributed by atoms with Gasteiger partial charge in [0.2, 0.25) is 21.8 Å². The van der Waals surface area contributed by atoms with Gasteiger partial charge in [0, 0.05) is 37.0 Å². The third kappa shape index (κ3) is 9.86. The van der Waals surface area contributed by atoms with Crippen LogP contribution in [0.5, 0.6) is 0 Å². The quantitative estimate of drug-likeness (QED) is 0.206. The van der Waals surface area contributed by atoms with Crippen molar-refractivity contribution in [2.24, 2.45) is 0 Å². The number of carbonyl (C=O) groups is 2. The molecular weight excluding hydrogens is 641 g/mol. The number of halogens is 3. The maximum atomic E-state index is 14.0. The summed E-state index contributed by atoms with van der Waals surface area (Å²) < 4.78 is 26.6. The fourth-order valence-corrected chi connectivity index (χ4v) is 7.03. The van der Waals surface area contributed by atoms with E-state index in [1.165, 1.54) is 4.31 Å². The van der Waals surface area contributed by atoms with E-state index in [4.69, 9.17) is 34.8 Å². The average Bonchev–Trinajstić information content (AvgIpc) is 2.99. The lowest BCUT2D eigenvalue weighted by Gasteiger charge is -2.34. The van der Waals surface area contributed by atoms with E-state index >= 15 is 0 Å². The second kappa shape index (κ2) is 16.0. The minimum absolute atomic E-state index is 0.0237. The first-order chi connectivity index (χ1) is 21.0. The van der Waals surface area contributed by atoms with Crippen LogP contribution in [0.4, 0.5) is 5.69 Å². The first-order valence-corrected chi connectivity index (χ1v) is 17.8. The van der Waals surface area contributed by atoms with Crippen molar-refractivity contribution in [1.82, 2.24) is 10.2 Å². The Morgan fingerprint density at radius 1 is 0.886 bits per heavy atom. The monoisotopic (exact) mass is 677 g/mol. The smallest absolute Gasteiger partial charge is 0.243 e. The van der Waals surface area contributed by atoms with Crippen LogP contribution in [0.1, 0.15) is 56.1 Å². The van der Waals surface area contributed by atoms with Crippen molar-refractivity contribution in [2.75, 3.05) is 17.1 Å². The molecule has 44 heavy (non-hydrogen) atoms. The van der Waals surface area contributed by atoms with Gasteiger partial charge in [-0.25, -0.2) is 8.42 Å². The third-order valence-electron chi connectivity index (χ3n) is 7.81. The van der Waals surface area contributed by atoms with Gasteiger partial charge >= 0.3 is 0 Å². The molecule has 0 radical (unpaired) electrons. The summed E-state index contributed by atoms with van der Waals surface area (Å²) in [5.74, 6) is -0.471. The van der Waals surface area contributed by atoms with E-state index in [0.717, 1.165) is 49.5 Å². The molecule has 0 aliphatic heterocycles. The Morgan fingerprint density at radius 3 is 2.27 bits per heavy atom. The minimum Gasteiger partial charge on any atom is -0.352 e. The van der Waals surface area contributed by atoms with Crippen LogP contribution in [0.2, 0.25) is 15.1 Å². The molecule has 1 aliphatic carbocycles. The Bertz CT molecular complexity index is 1530. The molecule has 1 aliphatic rings. The molecule has 1 saturated carbocycles. The molecule has 0 aromatic heterocycles. The maximum absolute atomic E-state index is 14.0. The van der Waals surface area contributed by atoms with Crippen LogP contribution in [0, 0.1) is 0 Å². The zero-order chi connectivity index (χ0) is 31.7.